The highest BCUT2D eigenvalue weighted by atomic mass is 32.2. The monoisotopic (exact) mass is 683 g/mol. The summed E-state index contributed by atoms with van der Waals surface area (Å²) in [5.74, 6) is 0.489. The smallest absolute Gasteiger partial charge is 0.146 e. The van der Waals surface area contributed by atoms with Gasteiger partial charge >= 0.3 is 0 Å². The Hall–Kier alpha value is -5.35. The van der Waals surface area contributed by atoms with E-state index in [-0.39, 0.29) is 11.5 Å². The Morgan fingerprint density at radius 1 is 0.560 bits per heavy atom. The van der Waals surface area contributed by atoms with Gasteiger partial charge in [-0.2, -0.15) is 0 Å². The summed E-state index contributed by atoms with van der Waals surface area (Å²) >= 11 is 1.65. The van der Waals surface area contributed by atoms with Crippen LogP contribution in [0.15, 0.2) is 94.7 Å². The molecule has 0 atom stereocenters. The molecule has 0 bridgehead atoms. The number of phenols is 2. The molecule has 0 radical (unpaired) electrons. The van der Waals surface area contributed by atoms with Crippen LogP contribution in [0.5, 0.6) is 11.5 Å². The third-order valence-corrected chi connectivity index (χ3v) is 9.76. The number of hydrogen-bond donors (Lipinski definition) is 3. The van der Waals surface area contributed by atoms with Crippen molar-refractivity contribution in [3.05, 3.63) is 107 Å². The number of anilines is 2. The number of benzene rings is 5. The lowest BCUT2D eigenvalue weighted by molar-refractivity contribution is 0.459. The van der Waals surface area contributed by atoms with Crippen LogP contribution in [0.4, 0.5) is 11.4 Å². The molecular formula is C40H41N7O2S. The van der Waals surface area contributed by atoms with E-state index < -0.39 is 0 Å². The van der Waals surface area contributed by atoms with Crippen LogP contribution < -0.4 is 5.32 Å². The van der Waals surface area contributed by atoms with Crippen molar-refractivity contribution >= 4 is 45.2 Å². The average molecular weight is 684 g/mol. The van der Waals surface area contributed by atoms with Crippen LogP contribution in [-0.4, -0.2) is 40.2 Å². The molecule has 10 heteroatoms. The van der Waals surface area contributed by atoms with Gasteiger partial charge < -0.3 is 15.5 Å². The van der Waals surface area contributed by atoms with E-state index in [9.17, 15) is 10.2 Å². The minimum Gasteiger partial charge on any atom is -0.505 e. The van der Waals surface area contributed by atoms with Crippen LogP contribution in [0, 0.1) is 13.8 Å². The first-order chi connectivity index (χ1) is 24.3. The maximum Gasteiger partial charge on any atom is 0.146 e. The van der Waals surface area contributed by atoms with Crippen molar-refractivity contribution in [3.8, 4) is 22.9 Å². The molecule has 0 spiro atoms. The van der Waals surface area contributed by atoms with Crippen molar-refractivity contribution < 1.29 is 10.2 Å². The number of hydrogen-bond acceptors (Lipinski definition) is 8. The zero-order chi connectivity index (χ0) is 34.8. The maximum absolute atomic E-state index is 11.0. The van der Waals surface area contributed by atoms with Gasteiger partial charge in [0.15, 0.2) is 0 Å². The molecule has 50 heavy (non-hydrogen) atoms. The molecule has 2 aromatic heterocycles. The largest absolute Gasteiger partial charge is 0.505 e. The Bertz CT molecular complexity index is 2150. The Balaban J connectivity index is 1.05. The van der Waals surface area contributed by atoms with Crippen LogP contribution in [-0.2, 0) is 12.8 Å². The normalized spacial score (nSPS) is 11.5. The second-order valence-electron chi connectivity index (χ2n) is 12.9. The molecule has 0 aliphatic heterocycles. The van der Waals surface area contributed by atoms with Gasteiger partial charge in [-0.3, -0.25) is 0 Å². The van der Waals surface area contributed by atoms with Crippen molar-refractivity contribution in [2.45, 2.75) is 76.0 Å². The van der Waals surface area contributed by atoms with E-state index in [1.807, 2.05) is 74.5 Å². The van der Waals surface area contributed by atoms with Crippen molar-refractivity contribution in [2.75, 3.05) is 5.32 Å². The Morgan fingerprint density at radius 2 is 1.04 bits per heavy atom. The van der Waals surface area contributed by atoms with E-state index in [4.69, 9.17) is 10.2 Å². The minimum atomic E-state index is 0.241. The Morgan fingerprint density at radius 3 is 1.60 bits per heavy atom. The second kappa shape index (κ2) is 14.2. The minimum absolute atomic E-state index is 0.241. The first-order valence-electron chi connectivity index (χ1n) is 17.2. The van der Waals surface area contributed by atoms with Gasteiger partial charge in [0.05, 0.1) is 0 Å². The molecule has 0 fully saturated rings. The van der Waals surface area contributed by atoms with E-state index in [2.05, 4.69) is 53.6 Å². The molecule has 5 aromatic carbocycles. The summed E-state index contributed by atoms with van der Waals surface area (Å²) in [6.07, 6.45) is 5.81. The predicted octanol–water partition coefficient (Wildman–Crippen LogP) is 9.76. The lowest BCUT2D eigenvalue weighted by Gasteiger charge is -2.10. The lowest BCUT2D eigenvalue weighted by Crippen LogP contribution is -2.02. The molecule has 3 N–H and O–H groups in total. The number of aromatic nitrogens is 6. The first kappa shape index (κ1) is 33.2. The predicted molar refractivity (Wildman–Crippen MR) is 202 cm³/mol. The summed E-state index contributed by atoms with van der Waals surface area (Å²) < 4.78 is 0. The van der Waals surface area contributed by atoms with Crippen molar-refractivity contribution in [1.82, 2.24) is 30.0 Å². The number of nitrogens with zero attached hydrogens (tertiary/aromatic N) is 6. The number of aryl methyl sites for hydroxylation is 4. The third kappa shape index (κ3) is 7.02. The SMILES string of the molecule is CCCCc1cc(C)cc(-n2nc3ccc(Nc4ccc(Sc5ccc6nn(-c7cc(C)cc(CCCC)c7O)nc6c5)cc4)cc3n2)c1O. The van der Waals surface area contributed by atoms with E-state index in [1.54, 1.807) is 16.6 Å². The molecule has 2 heterocycles. The van der Waals surface area contributed by atoms with E-state index in [1.165, 1.54) is 4.80 Å². The highest BCUT2D eigenvalue weighted by Gasteiger charge is 2.16. The van der Waals surface area contributed by atoms with Crippen LogP contribution in [0.2, 0.25) is 0 Å². The Kier molecular flexibility index (Phi) is 9.45. The molecule has 254 valence electrons. The number of unbranched alkanes of at least 4 members (excludes halogenated alkanes) is 2. The summed E-state index contributed by atoms with van der Waals surface area (Å²) in [5.41, 5.74) is 10.1. The summed E-state index contributed by atoms with van der Waals surface area (Å²) in [4.78, 5) is 5.22. The molecule has 0 amide bonds. The number of rotatable bonds is 12. The summed E-state index contributed by atoms with van der Waals surface area (Å²) in [6, 6.07) is 28.2. The van der Waals surface area contributed by atoms with E-state index >= 15 is 0 Å². The van der Waals surface area contributed by atoms with Crippen LogP contribution in [0.1, 0.15) is 61.8 Å². The zero-order valence-corrected chi connectivity index (χ0v) is 29.6. The maximum atomic E-state index is 11.0. The highest BCUT2D eigenvalue weighted by molar-refractivity contribution is 7.99. The molecular weight excluding hydrogens is 643 g/mol. The standard InChI is InChI=1S/C40H41N7O2S/c1-5-7-9-27-19-25(3)21-37(39(27)48)46-42-33-17-13-30(23-35(33)44-46)41-29-11-14-31(15-12-29)50-32-16-18-34-36(24-32)45-47(43-34)38-22-26(4)20-28(40(38)49)10-8-6-2/h11-24,41,48-49H,5-10H2,1-4H3. The van der Waals surface area contributed by atoms with Gasteiger partial charge in [-0.1, -0.05) is 50.6 Å². The quantitative estimate of drug-likeness (QED) is 0.117. The molecule has 7 rings (SSSR count). The number of nitrogens with one attached hydrogen (secondary N) is 1. The van der Waals surface area contributed by atoms with E-state index in [0.29, 0.717) is 11.4 Å². The summed E-state index contributed by atoms with van der Waals surface area (Å²) in [6.45, 7) is 8.36. The van der Waals surface area contributed by atoms with Crippen LogP contribution in [0.3, 0.4) is 0 Å². The Labute approximate surface area is 296 Å². The summed E-state index contributed by atoms with van der Waals surface area (Å²) in [5, 5.41) is 44.2. The van der Waals surface area contributed by atoms with Crippen molar-refractivity contribution in [2.24, 2.45) is 0 Å². The fourth-order valence-electron chi connectivity index (χ4n) is 6.16. The fourth-order valence-corrected chi connectivity index (χ4v) is 7.01. The first-order valence-corrected chi connectivity index (χ1v) is 18.0. The van der Waals surface area contributed by atoms with Gasteiger partial charge in [-0.15, -0.1) is 30.0 Å². The van der Waals surface area contributed by atoms with Crippen LogP contribution >= 0.6 is 11.8 Å². The summed E-state index contributed by atoms with van der Waals surface area (Å²) in [7, 11) is 0. The molecule has 9 nitrogen and oxygen atoms in total. The van der Waals surface area contributed by atoms with E-state index in [0.717, 1.165) is 104 Å². The fraction of sp³-hybridized carbons (Fsp3) is 0.250. The van der Waals surface area contributed by atoms with Crippen LogP contribution in [0.25, 0.3) is 33.4 Å². The van der Waals surface area contributed by atoms with Gasteiger partial charge in [0.25, 0.3) is 0 Å². The zero-order valence-electron chi connectivity index (χ0n) is 28.8. The number of phenolic OH excluding ortho intramolecular Hbond substituents is 2. The number of fused-ring (bicyclic) bond motifs is 2. The van der Waals surface area contributed by atoms with Crippen molar-refractivity contribution in [1.29, 1.82) is 0 Å². The second-order valence-corrected chi connectivity index (χ2v) is 14.0. The highest BCUT2D eigenvalue weighted by Crippen LogP contribution is 2.34. The van der Waals surface area contributed by atoms with Gasteiger partial charge in [0.2, 0.25) is 0 Å². The van der Waals surface area contributed by atoms with Crippen molar-refractivity contribution in [3.63, 3.8) is 0 Å². The number of aromatic hydroxyl groups is 2. The van der Waals surface area contributed by atoms with Gasteiger partial charge in [-0.25, -0.2) is 0 Å². The third-order valence-electron chi connectivity index (χ3n) is 8.77. The molecule has 0 aliphatic carbocycles. The lowest BCUT2D eigenvalue weighted by atomic mass is 10.0. The molecule has 7 aromatic rings. The molecule has 0 saturated heterocycles. The van der Waals surface area contributed by atoms with Gasteiger partial charge in [0, 0.05) is 21.2 Å². The molecule has 0 saturated carbocycles. The topological polar surface area (TPSA) is 114 Å². The molecule has 0 aliphatic rings. The van der Waals surface area contributed by atoms with Gasteiger partial charge in [-0.05, 0) is 135 Å². The van der Waals surface area contributed by atoms with Gasteiger partial charge in [0.1, 0.15) is 44.9 Å². The molecule has 0 unspecified atom stereocenters. The average Bonchev–Trinajstić information content (AvgIpc) is 3.73.